The molecule has 8 atom stereocenters. The van der Waals surface area contributed by atoms with Gasteiger partial charge in [-0.3, -0.25) is 0 Å². The topological polar surface area (TPSA) is 26.3 Å². The van der Waals surface area contributed by atoms with Crippen LogP contribution in [0.25, 0.3) is 6.08 Å². The minimum Gasteiger partial charge on any atom is -0.459 e. The highest BCUT2D eigenvalue weighted by Crippen LogP contribution is 2.67. The van der Waals surface area contributed by atoms with Crippen LogP contribution in [0.15, 0.2) is 60.2 Å². The van der Waals surface area contributed by atoms with Crippen LogP contribution in [0.5, 0.6) is 0 Å². The second kappa shape index (κ2) is 12.4. The number of rotatable bonds is 9. The summed E-state index contributed by atoms with van der Waals surface area (Å²) in [5.41, 5.74) is 3.55. The fraction of sp³-hybridized carbons (Fsp3) is 0.658. The number of fused-ring (bicyclic) bond motifs is 5. The quantitative estimate of drug-likeness (QED) is 0.134. The van der Waals surface area contributed by atoms with Gasteiger partial charge in [-0.25, -0.2) is 4.79 Å². The molecule has 0 aromatic heterocycles. The summed E-state index contributed by atoms with van der Waals surface area (Å²) < 4.78 is 5.95. The molecule has 2 nitrogen and oxygen atoms in total. The van der Waals surface area contributed by atoms with E-state index in [9.17, 15) is 4.79 Å². The Labute approximate surface area is 244 Å². The van der Waals surface area contributed by atoms with Gasteiger partial charge in [0.05, 0.1) is 0 Å². The molecule has 3 saturated carbocycles. The molecule has 0 spiro atoms. The summed E-state index contributed by atoms with van der Waals surface area (Å²) in [7, 11) is 0. The molecule has 0 amide bonds. The van der Waals surface area contributed by atoms with Crippen LogP contribution in [0, 0.1) is 46.3 Å². The summed E-state index contributed by atoms with van der Waals surface area (Å²) in [5.74, 6) is 4.93. The molecule has 5 rings (SSSR count). The second-order valence-electron chi connectivity index (χ2n) is 14.7. The van der Waals surface area contributed by atoms with Crippen LogP contribution in [-0.2, 0) is 9.53 Å². The third-order valence-corrected chi connectivity index (χ3v) is 12.0. The number of ether oxygens (including phenoxy) is 1. The highest BCUT2D eigenvalue weighted by Gasteiger charge is 2.59. The summed E-state index contributed by atoms with van der Waals surface area (Å²) >= 11 is 0. The van der Waals surface area contributed by atoms with Gasteiger partial charge < -0.3 is 4.74 Å². The molecule has 1 aromatic rings. The van der Waals surface area contributed by atoms with Gasteiger partial charge in [-0.2, -0.15) is 0 Å². The van der Waals surface area contributed by atoms with Crippen molar-refractivity contribution < 1.29 is 9.53 Å². The van der Waals surface area contributed by atoms with Crippen molar-refractivity contribution in [3.05, 3.63) is 65.8 Å². The highest BCUT2D eigenvalue weighted by molar-refractivity contribution is 5.82. The lowest BCUT2D eigenvalue weighted by Crippen LogP contribution is -2.51. The molecule has 4 aliphatic carbocycles. The Morgan fingerprint density at radius 1 is 0.975 bits per heavy atom. The van der Waals surface area contributed by atoms with Crippen molar-refractivity contribution in [1.82, 2.24) is 0 Å². The van der Waals surface area contributed by atoms with Crippen LogP contribution in [0.4, 0.5) is 0 Å². The molecule has 4 aliphatic rings. The second-order valence-corrected chi connectivity index (χ2v) is 14.7. The lowest BCUT2D eigenvalue weighted by atomic mass is 9.47. The van der Waals surface area contributed by atoms with E-state index in [-0.39, 0.29) is 12.1 Å². The van der Waals surface area contributed by atoms with Crippen LogP contribution >= 0.6 is 0 Å². The summed E-state index contributed by atoms with van der Waals surface area (Å²) in [6.45, 7) is 12.5. The molecule has 0 aliphatic heterocycles. The van der Waals surface area contributed by atoms with E-state index in [0.29, 0.717) is 10.8 Å². The highest BCUT2D eigenvalue weighted by atomic mass is 16.5. The van der Waals surface area contributed by atoms with E-state index < -0.39 is 0 Å². The van der Waals surface area contributed by atoms with Gasteiger partial charge in [-0.1, -0.05) is 114 Å². The number of carbonyl (C=O) groups is 1. The van der Waals surface area contributed by atoms with Crippen LogP contribution in [-0.4, -0.2) is 12.1 Å². The Kier molecular flexibility index (Phi) is 9.13. The van der Waals surface area contributed by atoms with Gasteiger partial charge in [0.1, 0.15) is 6.10 Å². The molecule has 3 unspecified atom stereocenters. The predicted octanol–water partition coefficient (Wildman–Crippen LogP) is 10.2. The van der Waals surface area contributed by atoms with Crippen LogP contribution in [0.3, 0.4) is 0 Å². The van der Waals surface area contributed by atoms with E-state index >= 15 is 0 Å². The minimum atomic E-state index is -0.214. The summed E-state index contributed by atoms with van der Waals surface area (Å²) in [6, 6.07) is 10.1. The molecule has 0 heterocycles. The van der Waals surface area contributed by atoms with Crippen LogP contribution in [0.1, 0.15) is 111 Å². The first kappa shape index (κ1) is 29.4. The lowest BCUT2D eigenvalue weighted by molar-refractivity contribution is -0.145. The van der Waals surface area contributed by atoms with Crippen molar-refractivity contribution >= 4 is 12.0 Å². The van der Waals surface area contributed by atoms with E-state index in [4.69, 9.17) is 4.74 Å². The predicted molar refractivity (Wildman–Crippen MR) is 168 cm³/mol. The van der Waals surface area contributed by atoms with Gasteiger partial charge in [0.25, 0.3) is 0 Å². The first-order valence-electron chi connectivity index (χ1n) is 16.5. The Morgan fingerprint density at radius 3 is 2.55 bits per heavy atom. The Bertz CT molecular complexity index is 1100. The van der Waals surface area contributed by atoms with Crippen molar-refractivity contribution in [3.63, 3.8) is 0 Å². The van der Waals surface area contributed by atoms with E-state index in [1.165, 1.54) is 51.4 Å². The minimum absolute atomic E-state index is 0.0162. The summed E-state index contributed by atoms with van der Waals surface area (Å²) in [5, 5.41) is 0. The van der Waals surface area contributed by atoms with Gasteiger partial charge in [0.2, 0.25) is 0 Å². The fourth-order valence-corrected chi connectivity index (χ4v) is 9.82. The van der Waals surface area contributed by atoms with E-state index in [1.807, 2.05) is 30.4 Å². The zero-order valence-electron chi connectivity index (χ0n) is 25.9. The molecule has 1 aromatic carbocycles. The molecule has 2 heteroatoms. The number of hydrogen-bond donors (Lipinski definition) is 0. The molecular formula is C38H54O2. The zero-order valence-corrected chi connectivity index (χ0v) is 25.9. The van der Waals surface area contributed by atoms with Crippen molar-refractivity contribution in [1.29, 1.82) is 0 Å². The van der Waals surface area contributed by atoms with E-state index in [2.05, 4.69) is 52.8 Å². The van der Waals surface area contributed by atoms with Crippen molar-refractivity contribution in [2.24, 2.45) is 46.3 Å². The van der Waals surface area contributed by atoms with Crippen molar-refractivity contribution in [3.8, 4) is 0 Å². The molecule has 218 valence electrons. The van der Waals surface area contributed by atoms with Gasteiger partial charge in [-0.15, -0.1) is 0 Å². The molecule has 0 bridgehead atoms. The summed E-state index contributed by atoms with van der Waals surface area (Å²) in [6.07, 6.45) is 24.1. The standard InChI is InChI=1S/C38H54O2/c1-27(2)12-11-13-28(3)33-20-21-34-32-19-18-30-26-31(22-24-37(30,4)35(32)23-25-38(33,34)5)40-36(39)17-10-9-16-29-14-7-6-8-15-29/h6-10,14-18,27-28,31-35H,11-13,19-26H2,1-5H3/b16-9+,17-10+/t28-,31+,32?,33-,34?,35?,37+,38-/m1/s1. The fourth-order valence-electron chi connectivity index (χ4n) is 9.82. The zero-order chi connectivity index (χ0) is 28.3. The van der Waals surface area contributed by atoms with Crippen LogP contribution in [0.2, 0.25) is 0 Å². The normalized spacial score (nSPS) is 36.2. The number of benzene rings is 1. The third kappa shape index (κ3) is 6.07. The maximum atomic E-state index is 12.6. The molecule has 0 N–H and O–H groups in total. The first-order valence-corrected chi connectivity index (χ1v) is 16.5. The molecule has 40 heavy (non-hydrogen) atoms. The average molecular weight is 543 g/mol. The maximum absolute atomic E-state index is 12.6. The largest absolute Gasteiger partial charge is 0.459 e. The smallest absolute Gasteiger partial charge is 0.331 e. The first-order chi connectivity index (χ1) is 19.2. The molecule has 3 fully saturated rings. The van der Waals surface area contributed by atoms with Gasteiger partial charge >= 0.3 is 5.97 Å². The number of esters is 1. The van der Waals surface area contributed by atoms with Crippen LogP contribution < -0.4 is 0 Å². The molecular weight excluding hydrogens is 488 g/mol. The monoisotopic (exact) mass is 542 g/mol. The maximum Gasteiger partial charge on any atom is 0.331 e. The van der Waals surface area contributed by atoms with Gasteiger partial charge in [0.15, 0.2) is 0 Å². The van der Waals surface area contributed by atoms with E-state index in [0.717, 1.165) is 60.3 Å². The number of allylic oxidation sites excluding steroid dienone is 3. The molecule has 0 radical (unpaired) electrons. The molecule has 0 saturated heterocycles. The summed E-state index contributed by atoms with van der Waals surface area (Å²) in [4.78, 5) is 12.6. The Morgan fingerprint density at radius 2 is 1.77 bits per heavy atom. The van der Waals surface area contributed by atoms with E-state index in [1.54, 1.807) is 17.7 Å². The van der Waals surface area contributed by atoms with Gasteiger partial charge in [0, 0.05) is 12.5 Å². The Hall–Kier alpha value is -2.09. The number of carbonyl (C=O) groups excluding carboxylic acids is 1. The SMILES string of the molecule is CC(C)CCC[C@@H](C)[C@H]1CCC2C3CC=C4C[C@@H](OC(=O)/C=C/C=C/c5ccccc5)CC[C@]4(C)C3CC[C@@]21C. The lowest BCUT2D eigenvalue weighted by Gasteiger charge is -2.58. The van der Waals surface area contributed by atoms with Crippen molar-refractivity contribution in [2.45, 2.75) is 111 Å². The average Bonchev–Trinajstić information content (AvgIpc) is 3.29. The van der Waals surface area contributed by atoms with Gasteiger partial charge in [-0.05, 0) is 96.8 Å². The Balaban J connectivity index is 1.18. The third-order valence-electron chi connectivity index (χ3n) is 12.0. The van der Waals surface area contributed by atoms with Crippen molar-refractivity contribution in [2.75, 3.05) is 0 Å². The number of hydrogen-bond acceptors (Lipinski definition) is 2.